The van der Waals surface area contributed by atoms with Crippen LogP contribution in [-0.2, 0) is 6.42 Å². The van der Waals surface area contributed by atoms with Crippen LogP contribution < -0.4 is 0 Å². The third kappa shape index (κ3) is 4.66. The first kappa shape index (κ1) is 16.2. The Bertz CT molecular complexity index is 457. The van der Waals surface area contributed by atoms with Gasteiger partial charge in [-0.2, -0.15) is 0 Å². The quantitative estimate of drug-likeness (QED) is 0.576. The Labute approximate surface area is 127 Å². The van der Waals surface area contributed by atoms with Crippen molar-refractivity contribution in [3.63, 3.8) is 0 Å². The average Bonchev–Trinajstić information content (AvgIpc) is 2.50. The maximum absolute atomic E-state index is 14.1. The summed E-state index contributed by atoms with van der Waals surface area (Å²) in [5, 5.41) is 0. The molecule has 0 atom stereocenters. The minimum Gasteiger partial charge on any atom is -0.216 e. The predicted molar refractivity (Wildman–Crippen MR) is 84.6 cm³/mol. The van der Waals surface area contributed by atoms with Gasteiger partial charge in [-0.15, -0.1) is 0 Å². The Hall–Kier alpha value is -1.18. The molecule has 2 rings (SSSR count). The van der Waals surface area contributed by atoms with Crippen molar-refractivity contribution in [1.29, 1.82) is 0 Å². The summed E-state index contributed by atoms with van der Waals surface area (Å²) in [6, 6.07) is 5.66. The SMILES string of the molecule is CCCC1CCC(c2ccc(CC/C=C/F)c(F)c2)CC1. The second-order valence-electron chi connectivity index (χ2n) is 6.26. The summed E-state index contributed by atoms with van der Waals surface area (Å²) in [5.41, 5.74) is 1.84. The van der Waals surface area contributed by atoms with Crippen LogP contribution in [0.1, 0.15) is 68.9 Å². The molecule has 1 aliphatic rings. The Balaban J connectivity index is 1.94. The van der Waals surface area contributed by atoms with Crippen molar-refractivity contribution < 1.29 is 8.78 Å². The van der Waals surface area contributed by atoms with Gasteiger partial charge in [0.15, 0.2) is 0 Å². The zero-order chi connectivity index (χ0) is 15.1. The van der Waals surface area contributed by atoms with E-state index in [-0.39, 0.29) is 5.82 Å². The van der Waals surface area contributed by atoms with Crippen molar-refractivity contribution in [3.05, 3.63) is 47.5 Å². The highest BCUT2D eigenvalue weighted by Crippen LogP contribution is 2.37. The molecule has 0 aliphatic heterocycles. The molecule has 1 saturated carbocycles. The van der Waals surface area contributed by atoms with Crippen molar-refractivity contribution in [3.8, 4) is 0 Å². The Morgan fingerprint density at radius 1 is 1.19 bits per heavy atom. The zero-order valence-corrected chi connectivity index (χ0v) is 13.0. The molecule has 0 aromatic heterocycles. The smallest absolute Gasteiger partial charge is 0.126 e. The van der Waals surface area contributed by atoms with Gasteiger partial charge in [0.2, 0.25) is 0 Å². The lowest BCUT2D eigenvalue weighted by molar-refractivity contribution is 0.308. The fourth-order valence-corrected chi connectivity index (χ4v) is 3.51. The second-order valence-corrected chi connectivity index (χ2v) is 6.26. The van der Waals surface area contributed by atoms with Crippen LogP contribution in [0.4, 0.5) is 8.78 Å². The van der Waals surface area contributed by atoms with Gasteiger partial charge in [0.25, 0.3) is 0 Å². The van der Waals surface area contributed by atoms with E-state index >= 15 is 0 Å². The van der Waals surface area contributed by atoms with Gasteiger partial charge in [-0.1, -0.05) is 38.0 Å². The van der Waals surface area contributed by atoms with Crippen molar-refractivity contribution in [1.82, 2.24) is 0 Å². The first-order valence-electron chi connectivity index (χ1n) is 8.28. The largest absolute Gasteiger partial charge is 0.216 e. The predicted octanol–water partition coefficient (Wildman–Crippen LogP) is 6.32. The number of allylic oxidation sites excluding steroid dienone is 1. The summed E-state index contributed by atoms with van der Waals surface area (Å²) in [6.45, 7) is 2.25. The fraction of sp³-hybridized carbons (Fsp3) is 0.579. The Kier molecular flexibility index (Phi) is 6.41. The van der Waals surface area contributed by atoms with Crippen LogP contribution >= 0.6 is 0 Å². The van der Waals surface area contributed by atoms with Gasteiger partial charge in [-0.25, -0.2) is 8.78 Å². The van der Waals surface area contributed by atoms with Crippen LogP contribution in [0.25, 0.3) is 0 Å². The molecule has 1 aromatic carbocycles. The molecular formula is C19H26F2. The summed E-state index contributed by atoms with van der Waals surface area (Å²) in [5.74, 6) is 1.27. The number of hydrogen-bond donors (Lipinski definition) is 0. The molecular weight excluding hydrogens is 266 g/mol. The Morgan fingerprint density at radius 3 is 2.57 bits per heavy atom. The molecule has 21 heavy (non-hydrogen) atoms. The number of benzene rings is 1. The molecule has 0 spiro atoms. The van der Waals surface area contributed by atoms with E-state index in [9.17, 15) is 8.78 Å². The average molecular weight is 292 g/mol. The molecule has 1 aromatic rings. The van der Waals surface area contributed by atoms with Gasteiger partial charge in [0.1, 0.15) is 5.82 Å². The molecule has 0 amide bonds. The molecule has 0 nitrogen and oxygen atoms in total. The second kappa shape index (κ2) is 8.31. The van der Waals surface area contributed by atoms with Gasteiger partial charge in [-0.3, -0.25) is 0 Å². The highest BCUT2D eigenvalue weighted by molar-refractivity contribution is 5.27. The molecule has 0 bridgehead atoms. The number of aryl methyl sites for hydroxylation is 1. The summed E-state index contributed by atoms with van der Waals surface area (Å²) < 4.78 is 26.0. The van der Waals surface area contributed by atoms with Crippen LogP contribution in [-0.4, -0.2) is 0 Å². The lowest BCUT2D eigenvalue weighted by Crippen LogP contribution is -2.13. The van der Waals surface area contributed by atoms with Crippen molar-refractivity contribution in [2.24, 2.45) is 5.92 Å². The van der Waals surface area contributed by atoms with Crippen molar-refractivity contribution >= 4 is 0 Å². The van der Waals surface area contributed by atoms with Crippen LogP contribution in [0.5, 0.6) is 0 Å². The molecule has 1 aliphatic carbocycles. The lowest BCUT2D eigenvalue weighted by Gasteiger charge is -2.28. The molecule has 0 radical (unpaired) electrons. The van der Waals surface area contributed by atoms with Gasteiger partial charge in [0, 0.05) is 0 Å². The van der Waals surface area contributed by atoms with Crippen LogP contribution in [0.2, 0.25) is 0 Å². The van der Waals surface area contributed by atoms with E-state index in [2.05, 4.69) is 13.0 Å². The van der Waals surface area contributed by atoms with Crippen LogP contribution in [0.3, 0.4) is 0 Å². The number of hydrogen-bond acceptors (Lipinski definition) is 0. The number of halogens is 2. The summed E-state index contributed by atoms with van der Waals surface area (Å²) in [4.78, 5) is 0. The zero-order valence-electron chi connectivity index (χ0n) is 13.0. The maximum atomic E-state index is 14.1. The van der Waals surface area contributed by atoms with E-state index < -0.39 is 0 Å². The van der Waals surface area contributed by atoms with Crippen LogP contribution in [0.15, 0.2) is 30.6 Å². The third-order valence-corrected chi connectivity index (χ3v) is 4.76. The van der Waals surface area contributed by atoms with E-state index in [1.165, 1.54) is 44.6 Å². The molecule has 1 fully saturated rings. The van der Waals surface area contributed by atoms with Gasteiger partial charge < -0.3 is 0 Å². The fourth-order valence-electron chi connectivity index (χ4n) is 3.51. The normalized spacial score (nSPS) is 22.8. The summed E-state index contributed by atoms with van der Waals surface area (Å²) in [7, 11) is 0. The molecule has 0 saturated heterocycles. The molecule has 0 unspecified atom stereocenters. The molecule has 0 heterocycles. The highest BCUT2D eigenvalue weighted by Gasteiger charge is 2.22. The van der Waals surface area contributed by atoms with E-state index in [1.807, 2.05) is 6.07 Å². The first-order valence-corrected chi connectivity index (χ1v) is 8.28. The third-order valence-electron chi connectivity index (χ3n) is 4.76. The molecule has 0 N–H and O–H groups in total. The van der Waals surface area contributed by atoms with Gasteiger partial charge >= 0.3 is 0 Å². The monoisotopic (exact) mass is 292 g/mol. The summed E-state index contributed by atoms with van der Waals surface area (Å²) in [6.07, 6.45) is 10.6. The van der Waals surface area contributed by atoms with Crippen LogP contribution in [0, 0.1) is 11.7 Å². The topological polar surface area (TPSA) is 0 Å². The van der Waals surface area contributed by atoms with E-state index in [0.29, 0.717) is 30.7 Å². The highest BCUT2D eigenvalue weighted by atomic mass is 19.1. The van der Waals surface area contributed by atoms with E-state index in [4.69, 9.17) is 0 Å². The summed E-state index contributed by atoms with van der Waals surface area (Å²) >= 11 is 0. The number of rotatable bonds is 6. The van der Waals surface area contributed by atoms with Crippen molar-refractivity contribution in [2.75, 3.05) is 0 Å². The molecule has 116 valence electrons. The lowest BCUT2D eigenvalue weighted by atomic mass is 9.77. The van der Waals surface area contributed by atoms with Gasteiger partial charge in [-0.05, 0) is 67.6 Å². The van der Waals surface area contributed by atoms with E-state index in [0.717, 1.165) is 11.5 Å². The maximum Gasteiger partial charge on any atom is 0.126 e. The minimum atomic E-state index is -0.129. The van der Waals surface area contributed by atoms with Gasteiger partial charge in [0.05, 0.1) is 6.33 Å². The van der Waals surface area contributed by atoms with E-state index in [1.54, 1.807) is 6.07 Å². The minimum absolute atomic E-state index is 0.129. The first-order chi connectivity index (χ1) is 10.2. The van der Waals surface area contributed by atoms with Crippen molar-refractivity contribution in [2.45, 2.75) is 64.2 Å². The molecule has 2 heteroatoms. The standard InChI is InChI=1S/C19H26F2/c1-2-5-15-7-9-16(10-8-15)18-12-11-17(19(21)14-18)6-3-4-13-20/h4,11-16H,2-3,5-10H2,1H3/b13-4+. The Morgan fingerprint density at radius 2 is 1.95 bits per heavy atom.